The lowest BCUT2D eigenvalue weighted by Gasteiger charge is -2.30. The van der Waals surface area contributed by atoms with Crippen LogP contribution < -0.4 is 9.62 Å². The molecule has 0 heterocycles. The molecule has 38 heavy (non-hydrogen) atoms. The summed E-state index contributed by atoms with van der Waals surface area (Å²) in [6.45, 7) is 5.73. The van der Waals surface area contributed by atoms with Gasteiger partial charge < -0.3 is 10.2 Å². The number of benzene rings is 2. The summed E-state index contributed by atoms with van der Waals surface area (Å²) < 4.78 is 65.1. The van der Waals surface area contributed by atoms with E-state index in [-0.39, 0.29) is 43.4 Å². The molecule has 0 bridgehead atoms. The third-order valence-corrected chi connectivity index (χ3v) is 7.33. The minimum Gasteiger partial charge on any atom is -0.354 e. The second kappa shape index (κ2) is 13.3. The third-order valence-electron chi connectivity index (χ3n) is 5.76. The molecule has 12 heteroatoms. The number of anilines is 1. The first-order valence-corrected chi connectivity index (χ1v) is 14.3. The minimum atomic E-state index is -4.64. The number of carbonyl (C=O) groups is 2. The van der Waals surface area contributed by atoms with Gasteiger partial charge in [-0.05, 0) is 49.1 Å². The molecule has 0 aromatic heterocycles. The predicted molar refractivity (Wildman–Crippen MR) is 142 cm³/mol. The molecular formula is C26H33ClF3N3O4S. The zero-order chi connectivity index (χ0) is 28.7. The molecule has 0 aliphatic carbocycles. The first kappa shape index (κ1) is 31.4. The van der Waals surface area contributed by atoms with Crippen LogP contribution in [-0.4, -0.2) is 50.5 Å². The zero-order valence-electron chi connectivity index (χ0n) is 21.8. The normalized spacial score (nSPS) is 12.8. The summed E-state index contributed by atoms with van der Waals surface area (Å²) in [4.78, 5) is 27.4. The number of amides is 2. The number of nitrogens with zero attached hydrogens (tertiary/aromatic N) is 2. The Labute approximate surface area is 227 Å². The van der Waals surface area contributed by atoms with Crippen LogP contribution in [0.1, 0.15) is 44.7 Å². The number of sulfonamides is 1. The second-order valence-electron chi connectivity index (χ2n) is 9.41. The summed E-state index contributed by atoms with van der Waals surface area (Å²) in [5.74, 6) is -0.563. The van der Waals surface area contributed by atoms with E-state index in [2.05, 4.69) is 5.32 Å². The van der Waals surface area contributed by atoms with E-state index in [4.69, 9.17) is 11.6 Å². The van der Waals surface area contributed by atoms with E-state index in [1.54, 1.807) is 31.2 Å². The van der Waals surface area contributed by atoms with E-state index >= 15 is 0 Å². The van der Waals surface area contributed by atoms with Crippen LogP contribution in [-0.2, 0) is 32.3 Å². The number of alkyl halides is 3. The Morgan fingerprint density at radius 3 is 2.29 bits per heavy atom. The zero-order valence-corrected chi connectivity index (χ0v) is 23.3. The molecule has 2 aromatic rings. The van der Waals surface area contributed by atoms with Crippen LogP contribution in [0, 0.1) is 5.92 Å². The van der Waals surface area contributed by atoms with Crippen molar-refractivity contribution in [2.75, 3.05) is 23.7 Å². The molecule has 0 radical (unpaired) electrons. The SMILES string of the molecule is CC(C)CNC(=O)[C@H](C)N(Cc1ccccc1Cl)C(=O)CCCN(c1cccc(C(F)(F)F)c1)S(C)(=O)=O. The van der Waals surface area contributed by atoms with E-state index in [9.17, 15) is 31.2 Å². The molecule has 0 aliphatic heterocycles. The van der Waals surface area contributed by atoms with E-state index in [1.807, 2.05) is 13.8 Å². The maximum Gasteiger partial charge on any atom is 0.416 e. The topological polar surface area (TPSA) is 86.8 Å². The predicted octanol–water partition coefficient (Wildman–Crippen LogP) is 5.09. The molecule has 0 saturated heterocycles. The Balaban J connectivity index is 2.22. The van der Waals surface area contributed by atoms with Gasteiger partial charge in [0.1, 0.15) is 6.04 Å². The van der Waals surface area contributed by atoms with Crippen molar-refractivity contribution in [3.63, 3.8) is 0 Å². The van der Waals surface area contributed by atoms with Gasteiger partial charge in [0.05, 0.1) is 17.5 Å². The smallest absolute Gasteiger partial charge is 0.354 e. The van der Waals surface area contributed by atoms with Gasteiger partial charge in [0, 0.05) is 31.1 Å². The molecule has 1 N–H and O–H groups in total. The minimum absolute atomic E-state index is 0.0154. The van der Waals surface area contributed by atoms with Crippen molar-refractivity contribution in [2.24, 2.45) is 5.92 Å². The Kier molecular flexibility index (Phi) is 11.0. The van der Waals surface area contributed by atoms with Crippen LogP contribution in [0.3, 0.4) is 0 Å². The molecule has 7 nitrogen and oxygen atoms in total. The standard InChI is InChI=1S/C26H33ClF3N3O4S/c1-18(2)16-31-25(35)19(3)32(17-20-9-5-6-12-23(20)27)24(34)13-8-14-33(38(4,36)37)22-11-7-10-21(15-22)26(28,29)30/h5-7,9-12,15,18-19H,8,13-14,16-17H2,1-4H3,(H,31,35)/t19-/m0/s1. The first-order valence-electron chi connectivity index (χ1n) is 12.1. The largest absolute Gasteiger partial charge is 0.416 e. The maximum absolute atomic E-state index is 13.3. The number of rotatable bonds is 12. The molecule has 210 valence electrons. The second-order valence-corrected chi connectivity index (χ2v) is 11.7. The van der Waals surface area contributed by atoms with Gasteiger partial charge in [0.15, 0.2) is 0 Å². The number of carbonyl (C=O) groups excluding carboxylic acids is 2. The lowest BCUT2D eigenvalue weighted by molar-refractivity contribution is -0.140. The molecule has 0 saturated carbocycles. The number of halogens is 4. The van der Waals surface area contributed by atoms with Crippen LogP contribution in [0.5, 0.6) is 0 Å². The van der Waals surface area contributed by atoms with Gasteiger partial charge in [0.25, 0.3) is 0 Å². The Morgan fingerprint density at radius 2 is 1.71 bits per heavy atom. The Morgan fingerprint density at radius 1 is 1.05 bits per heavy atom. The van der Waals surface area contributed by atoms with Crippen molar-refractivity contribution < 1.29 is 31.2 Å². The van der Waals surface area contributed by atoms with Crippen LogP contribution in [0.15, 0.2) is 48.5 Å². The average molecular weight is 576 g/mol. The number of hydrogen-bond donors (Lipinski definition) is 1. The Bertz CT molecular complexity index is 1220. The summed E-state index contributed by atoms with van der Waals surface area (Å²) in [7, 11) is -3.94. The van der Waals surface area contributed by atoms with Gasteiger partial charge in [-0.2, -0.15) is 13.2 Å². The van der Waals surface area contributed by atoms with E-state index in [0.717, 1.165) is 28.8 Å². The van der Waals surface area contributed by atoms with Crippen molar-refractivity contribution in [3.05, 3.63) is 64.7 Å². The lowest BCUT2D eigenvalue weighted by Crippen LogP contribution is -2.48. The van der Waals surface area contributed by atoms with Crippen molar-refractivity contribution >= 4 is 39.1 Å². The molecule has 0 spiro atoms. The fourth-order valence-corrected chi connectivity index (χ4v) is 4.84. The number of hydrogen-bond acceptors (Lipinski definition) is 4. The van der Waals surface area contributed by atoms with Crippen molar-refractivity contribution in [3.8, 4) is 0 Å². The fraction of sp³-hybridized carbons (Fsp3) is 0.462. The lowest BCUT2D eigenvalue weighted by atomic mass is 10.1. The van der Waals surface area contributed by atoms with Gasteiger partial charge >= 0.3 is 6.18 Å². The number of nitrogens with one attached hydrogen (secondary N) is 1. The highest BCUT2D eigenvalue weighted by molar-refractivity contribution is 7.92. The molecule has 0 unspecified atom stereocenters. The highest BCUT2D eigenvalue weighted by Gasteiger charge is 2.32. The fourth-order valence-electron chi connectivity index (χ4n) is 3.69. The van der Waals surface area contributed by atoms with Crippen molar-refractivity contribution in [1.82, 2.24) is 10.2 Å². The highest BCUT2D eigenvalue weighted by Crippen LogP contribution is 2.32. The van der Waals surface area contributed by atoms with E-state index in [0.29, 0.717) is 17.1 Å². The van der Waals surface area contributed by atoms with Crippen LogP contribution in [0.2, 0.25) is 5.02 Å². The van der Waals surface area contributed by atoms with E-state index < -0.39 is 33.7 Å². The average Bonchev–Trinajstić information content (AvgIpc) is 2.82. The summed E-state index contributed by atoms with van der Waals surface area (Å²) in [5.41, 5.74) is -0.497. The quantitative estimate of drug-likeness (QED) is 0.382. The van der Waals surface area contributed by atoms with Gasteiger partial charge in [-0.15, -0.1) is 0 Å². The van der Waals surface area contributed by atoms with Crippen molar-refractivity contribution in [1.29, 1.82) is 0 Å². The van der Waals surface area contributed by atoms with Crippen LogP contribution in [0.25, 0.3) is 0 Å². The summed E-state index contributed by atoms with van der Waals surface area (Å²) in [5, 5.41) is 3.23. The molecule has 0 fully saturated rings. The van der Waals surface area contributed by atoms with Crippen LogP contribution in [0.4, 0.5) is 18.9 Å². The van der Waals surface area contributed by atoms with Crippen molar-refractivity contribution in [2.45, 2.75) is 52.4 Å². The van der Waals surface area contributed by atoms with Gasteiger partial charge in [-0.25, -0.2) is 8.42 Å². The third kappa shape index (κ3) is 9.20. The molecule has 2 rings (SSSR count). The van der Waals surface area contributed by atoms with E-state index in [1.165, 1.54) is 11.0 Å². The monoisotopic (exact) mass is 575 g/mol. The molecule has 0 aliphatic rings. The maximum atomic E-state index is 13.3. The van der Waals surface area contributed by atoms with Gasteiger partial charge in [-0.1, -0.05) is 49.7 Å². The molecule has 2 amide bonds. The summed E-state index contributed by atoms with van der Waals surface area (Å²) in [6.07, 6.45) is -3.88. The summed E-state index contributed by atoms with van der Waals surface area (Å²) >= 11 is 6.28. The van der Waals surface area contributed by atoms with Crippen LogP contribution >= 0.6 is 11.6 Å². The molecular weight excluding hydrogens is 543 g/mol. The van der Waals surface area contributed by atoms with Gasteiger partial charge in [0.2, 0.25) is 21.8 Å². The molecule has 2 aromatic carbocycles. The first-order chi connectivity index (χ1) is 17.6. The van der Waals surface area contributed by atoms with Gasteiger partial charge in [-0.3, -0.25) is 13.9 Å². The Hall–Kier alpha value is -2.79. The summed E-state index contributed by atoms with van der Waals surface area (Å²) in [6, 6.07) is 10.1. The highest BCUT2D eigenvalue weighted by atomic mass is 35.5. The molecule has 1 atom stereocenters.